The largest absolute Gasteiger partial charge is 0.440 e. The number of aromatic nitrogens is 2. The lowest BCUT2D eigenvalue weighted by Gasteiger charge is -2.35. The summed E-state index contributed by atoms with van der Waals surface area (Å²) in [6.45, 7) is 0. The fourth-order valence-corrected chi connectivity index (χ4v) is 4.78. The molecule has 1 amide bonds. The third-order valence-corrected chi connectivity index (χ3v) is 5.89. The fourth-order valence-electron chi connectivity index (χ4n) is 4.59. The molecule has 3 heterocycles. The SMILES string of the molecule is O=C1Nc2ccccc2C12c1c([nH]c(=S)[nH]c1=O)Oc1ccc3ccccc3c12. The predicted molar refractivity (Wildman–Crippen MR) is 111 cm³/mol. The van der Waals surface area contributed by atoms with Crippen LogP contribution in [0.25, 0.3) is 10.8 Å². The number of para-hydroxylation sites is 1. The topological polar surface area (TPSA) is 87.0 Å². The number of H-pyrrole nitrogens is 2. The highest BCUT2D eigenvalue weighted by molar-refractivity contribution is 7.71. The van der Waals surface area contributed by atoms with E-state index < -0.39 is 11.0 Å². The fraction of sp³-hybridized carbons (Fsp3) is 0.0455. The van der Waals surface area contributed by atoms with Gasteiger partial charge in [0, 0.05) is 16.8 Å². The molecule has 3 N–H and O–H groups in total. The van der Waals surface area contributed by atoms with Crippen molar-refractivity contribution in [2.75, 3.05) is 5.32 Å². The van der Waals surface area contributed by atoms with E-state index in [2.05, 4.69) is 15.3 Å². The molecule has 29 heavy (non-hydrogen) atoms. The molecule has 7 heteroatoms. The Kier molecular flexibility index (Phi) is 3.04. The van der Waals surface area contributed by atoms with Gasteiger partial charge in [-0.15, -0.1) is 0 Å². The molecule has 0 fully saturated rings. The number of rotatable bonds is 0. The Bertz CT molecular complexity index is 1490. The van der Waals surface area contributed by atoms with Gasteiger partial charge in [0.25, 0.3) is 5.56 Å². The molecule has 4 aromatic rings. The number of carbonyl (C=O) groups is 1. The van der Waals surface area contributed by atoms with Crippen molar-refractivity contribution >= 4 is 34.6 Å². The Morgan fingerprint density at radius 2 is 1.66 bits per heavy atom. The Labute approximate surface area is 169 Å². The molecule has 0 aliphatic carbocycles. The van der Waals surface area contributed by atoms with Crippen LogP contribution in [-0.4, -0.2) is 15.9 Å². The normalized spacial score (nSPS) is 18.7. The maximum Gasteiger partial charge on any atom is 0.260 e. The van der Waals surface area contributed by atoms with E-state index in [1.807, 2.05) is 60.7 Å². The summed E-state index contributed by atoms with van der Waals surface area (Å²) in [7, 11) is 0. The first-order valence-electron chi connectivity index (χ1n) is 9.09. The van der Waals surface area contributed by atoms with E-state index in [9.17, 15) is 9.59 Å². The van der Waals surface area contributed by atoms with Gasteiger partial charge in [-0.3, -0.25) is 14.6 Å². The van der Waals surface area contributed by atoms with Crippen LogP contribution in [0.1, 0.15) is 16.7 Å². The third kappa shape index (κ3) is 1.92. The van der Waals surface area contributed by atoms with E-state index in [-0.39, 0.29) is 22.1 Å². The van der Waals surface area contributed by atoms with Crippen molar-refractivity contribution < 1.29 is 9.53 Å². The number of fused-ring (bicyclic) bond motifs is 8. The van der Waals surface area contributed by atoms with Crippen LogP contribution in [0.3, 0.4) is 0 Å². The number of aromatic amines is 2. The molecule has 0 radical (unpaired) electrons. The van der Waals surface area contributed by atoms with E-state index in [0.29, 0.717) is 22.6 Å². The molecular weight excluding hydrogens is 386 g/mol. The van der Waals surface area contributed by atoms with Crippen LogP contribution in [-0.2, 0) is 10.2 Å². The van der Waals surface area contributed by atoms with Gasteiger partial charge < -0.3 is 15.0 Å². The molecule has 1 aromatic heterocycles. The zero-order valence-electron chi connectivity index (χ0n) is 14.9. The Morgan fingerprint density at radius 3 is 2.55 bits per heavy atom. The summed E-state index contributed by atoms with van der Waals surface area (Å²) in [5.74, 6) is 0.407. The van der Waals surface area contributed by atoms with Crippen LogP contribution in [0.15, 0.2) is 65.5 Å². The molecule has 6 rings (SSSR count). The summed E-state index contributed by atoms with van der Waals surface area (Å²) in [6, 6.07) is 18.9. The third-order valence-electron chi connectivity index (χ3n) is 5.68. The highest BCUT2D eigenvalue weighted by Gasteiger charge is 2.57. The highest BCUT2D eigenvalue weighted by Crippen LogP contribution is 2.56. The molecule has 6 nitrogen and oxygen atoms in total. The molecule has 0 saturated heterocycles. The van der Waals surface area contributed by atoms with E-state index in [4.69, 9.17) is 17.0 Å². The second kappa shape index (κ2) is 5.42. The van der Waals surface area contributed by atoms with Gasteiger partial charge in [-0.2, -0.15) is 0 Å². The van der Waals surface area contributed by atoms with Crippen molar-refractivity contribution in [3.63, 3.8) is 0 Å². The summed E-state index contributed by atoms with van der Waals surface area (Å²) >= 11 is 5.14. The van der Waals surface area contributed by atoms with Crippen molar-refractivity contribution in [3.8, 4) is 11.6 Å². The van der Waals surface area contributed by atoms with Gasteiger partial charge in [0.05, 0.1) is 0 Å². The summed E-state index contributed by atoms with van der Waals surface area (Å²) in [6.07, 6.45) is 0. The minimum absolute atomic E-state index is 0.139. The average molecular weight is 399 g/mol. The molecule has 140 valence electrons. The van der Waals surface area contributed by atoms with Crippen molar-refractivity contribution in [1.82, 2.24) is 9.97 Å². The number of benzene rings is 3. The first-order valence-corrected chi connectivity index (χ1v) is 9.49. The van der Waals surface area contributed by atoms with Crippen LogP contribution in [0.2, 0.25) is 0 Å². The molecular formula is C22H13N3O3S. The molecule has 2 aliphatic heterocycles. The maximum absolute atomic E-state index is 13.7. The molecule has 0 saturated carbocycles. The summed E-state index contributed by atoms with van der Waals surface area (Å²) in [4.78, 5) is 32.3. The number of nitrogens with one attached hydrogen (secondary N) is 3. The zero-order chi connectivity index (χ0) is 19.8. The first kappa shape index (κ1) is 16.3. The van der Waals surface area contributed by atoms with E-state index in [1.54, 1.807) is 0 Å². The van der Waals surface area contributed by atoms with Gasteiger partial charge in [0.2, 0.25) is 11.8 Å². The van der Waals surface area contributed by atoms with Gasteiger partial charge in [0.15, 0.2) is 4.77 Å². The zero-order valence-corrected chi connectivity index (χ0v) is 15.7. The number of anilines is 1. The standard InChI is InChI=1S/C22H13N3O3S/c26-18-17-19(25-21(29)24-18)28-15-10-9-11-5-1-2-6-12(11)16(15)22(17)13-7-3-4-8-14(13)23-20(22)27/h1-10H,(H,23,27)(H2,24,25,26,29). The lowest BCUT2D eigenvalue weighted by atomic mass is 9.68. The molecule has 1 atom stereocenters. The molecule has 2 aliphatic rings. The maximum atomic E-state index is 13.7. The quantitative estimate of drug-likeness (QED) is 0.391. The molecule has 3 aromatic carbocycles. The van der Waals surface area contributed by atoms with Gasteiger partial charge in [0.1, 0.15) is 16.7 Å². The molecule has 1 spiro atoms. The lowest BCUT2D eigenvalue weighted by Crippen LogP contribution is -2.44. The van der Waals surface area contributed by atoms with Gasteiger partial charge >= 0.3 is 0 Å². The van der Waals surface area contributed by atoms with E-state index in [1.165, 1.54) is 0 Å². The first-order chi connectivity index (χ1) is 14.1. The number of ether oxygens (including phenoxy) is 1. The minimum atomic E-state index is -1.35. The van der Waals surface area contributed by atoms with Crippen LogP contribution in [0.4, 0.5) is 5.69 Å². The second-order valence-corrected chi connectivity index (χ2v) is 7.53. The summed E-state index contributed by atoms with van der Waals surface area (Å²) in [5, 5.41) is 4.76. The van der Waals surface area contributed by atoms with Crippen LogP contribution in [0, 0.1) is 4.77 Å². The lowest BCUT2D eigenvalue weighted by molar-refractivity contribution is -0.118. The predicted octanol–water partition coefficient (Wildman–Crippen LogP) is 3.98. The summed E-state index contributed by atoms with van der Waals surface area (Å²) < 4.78 is 6.21. The smallest absolute Gasteiger partial charge is 0.260 e. The van der Waals surface area contributed by atoms with Crippen LogP contribution in [0.5, 0.6) is 11.6 Å². The minimum Gasteiger partial charge on any atom is -0.440 e. The van der Waals surface area contributed by atoms with Gasteiger partial charge in [-0.05, 0) is 35.1 Å². The number of amides is 1. The van der Waals surface area contributed by atoms with Gasteiger partial charge in [-0.25, -0.2) is 0 Å². The second-order valence-electron chi connectivity index (χ2n) is 7.12. The molecule has 0 bridgehead atoms. The van der Waals surface area contributed by atoms with E-state index >= 15 is 0 Å². The highest BCUT2D eigenvalue weighted by atomic mass is 32.1. The van der Waals surface area contributed by atoms with Crippen molar-refractivity contribution in [3.05, 3.63) is 92.5 Å². The number of hydrogen-bond donors (Lipinski definition) is 3. The van der Waals surface area contributed by atoms with Crippen molar-refractivity contribution in [1.29, 1.82) is 0 Å². The Hall–Kier alpha value is -3.71. The average Bonchev–Trinajstić information content (AvgIpc) is 2.99. The number of carbonyl (C=O) groups excluding carboxylic acids is 1. The van der Waals surface area contributed by atoms with Crippen LogP contribution < -0.4 is 15.6 Å². The monoisotopic (exact) mass is 399 g/mol. The van der Waals surface area contributed by atoms with E-state index in [0.717, 1.165) is 10.8 Å². The van der Waals surface area contributed by atoms with Crippen molar-refractivity contribution in [2.45, 2.75) is 5.41 Å². The van der Waals surface area contributed by atoms with Gasteiger partial charge in [-0.1, -0.05) is 48.5 Å². The van der Waals surface area contributed by atoms with Crippen LogP contribution >= 0.6 is 12.2 Å². The number of hydrogen-bond acceptors (Lipinski definition) is 4. The summed E-state index contributed by atoms with van der Waals surface area (Å²) in [5.41, 5.74) is 0.440. The Morgan fingerprint density at radius 1 is 0.862 bits per heavy atom. The molecule has 1 unspecified atom stereocenters. The van der Waals surface area contributed by atoms with Crippen molar-refractivity contribution in [2.24, 2.45) is 0 Å². The Balaban J connectivity index is 1.89.